The van der Waals surface area contributed by atoms with E-state index in [0.29, 0.717) is 27.3 Å². The van der Waals surface area contributed by atoms with Crippen LogP contribution in [-0.2, 0) is 4.79 Å². The van der Waals surface area contributed by atoms with Crippen LogP contribution in [0.1, 0.15) is 26.3 Å². The van der Waals surface area contributed by atoms with Crippen molar-refractivity contribution < 1.29 is 9.18 Å². The Kier molecular flexibility index (Phi) is 5.20. The fourth-order valence-corrected chi connectivity index (χ4v) is 3.68. The average Bonchev–Trinajstić information content (AvgIpc) is 2.61. The van der Waals surface area contributed by atoms with Crippen molar-refractivity contribution in [1.29, 1.82) is 0 Å². The highest BCUT2D eigenvalue weighted by Crippen LogP contribution is 2.25. The molecule has 2 aromatic carbocycles. The maximum atomic E-state index is 14.1. The number of aryl methyl sites for hydroxylation is 1. The third-order valence-electron chi connectivity index (χ3n) is 4.33. The van der Waals surface area contributed by atoms with Crippen LogP contribution in [0.2, 0.25) is 0 Å². The number of fused-ring (bicyclic) bond motifs is 1. The monoisotopic (exact) mass is 384 g/mol. The molecule has 1 heterocycles. The van der Waals surface area contributed by atoms with Crippen molar-refractivity contribution in [3.63, 3.8) is 0 Å². The van der Waals surface area contributed by atoms with Crippen molar-refractivity contribution in [1.82, 2.24) is 9.55 Å². The molecule has 1 aromatic heterocycles. The van der Waals surface area contributed by atoms with E-state index in [4.69, 9.17) is 0 Å². The van der Waals surface area contributed by atoms with Crippen molar-refractivity contribution in [2.24, 2.45) is 5.41 Å². The first-order valence-corrected chi connectivity index (χ1v) is 9.61. The SMILES string of the molecule is Cc1ccc(-n2c(SCC(=O)C(C)(C)C)nc3ccccc3c2=O)cc1F. The minimum absolute atomic E-state index is 0.0524. The summed E-state index contributed by atoms with van der Waals surface area (Å²) in [6.07, 6.45) is 0. The summed E-state index contributed by atoms with van der Waals surface area (Å²) in [4.78, 5) is 30.0. The fraction of sp³-hybridized carbons (Fsp3) is 0.286. The summed E-state index contributed by atoms with van der Waals surface area (Å²) < 4.78 is 15.5. The van der Waals surface area contributed by atoms with E-state index in [1.54, 1.807) is 43.3 Å². The molecule has 0 N–H and O–H groups in total. The number of para-hydroxylation sites is 1. The molecule has 0 bridgehead atoms. The largest absolute Gasteiger partial charge is 0.298 e. The first kappa shape index (κ1) is 19.3. The van der Waals surface area contributed by atoms with E-state index in [2.05, 4.69) is 4.98 Å². The zero-order valence-corrected chi connectivity index (χ0v) is 16.6. The third kappa shape index (κ3) is 3.95. The van der Waals surface area contributed by atoms with E-state index in [1.807, 2.05) is 20.8 Å². The minimum atomic E-state index is -0.481. The van der Waals surface area contributed by atoms with Crippen molar-refractivity contribution in [3.05, 3.63) is 64.2 Å². The van der Waals surface area contributed by atoms with E-state index in [9.17, 15) is 14.0 Å². The lowest BCUT2D eigenvalue weighted by molar-refractivity contribution is -0.123. The topological polar surface area (TPSA) is 52.0 Å². The Morgan fingerprint density at radius 2 is 1.89 bits per heavy atom. The summed E-state index contributed by atoms with van der Waals surface area (Å²) in [6.45, 7) is 7.22. The lowest BCUT2D eigenvalue weighted by Crippen LogP contribution is -2.25. The number of Topliss-reactive ketones (excluding diaryl/α,β-unsaturated/α-hetero) is 1. The number of ketones is 1. The molecule has 3 aromatic rings. The van der Waals surface area contributed by atoms with Crippen LogP contribution < -0.4 is 5.56 Å². The normalized spacial score (nSPS) is 11.7. The second-order valence-corrected chi connectivity index (χ2v) is 8.39. The standard InChI is InChI=1S/C21H21FN2O2S/c1-13-9-10-14(11-16(13)22)24-19(26)15-7-5-6-8-17(15)23-20(24)27-12-18(25)21(2,3)4/h5-11H,12H2,1-4H3. The van der Waals surface area contributed by atoms with E-state index >= 15 is 0 Å². The zero-order valence-electron chi connectivity index (χ0n) is 15.7. The molecule has 0 amide bonds. The predicted octanol–water partition coefficient (Wildman–Crippen LogP) is 4.54. The molecule has 0 saturated carbocycles. The smallest absolute Gasteiger partial charge is 0.266 e. The van der Waals surface area contributed by atoms with Crippen molar-refractivity contribution in [2.45, 2.75) is 32.9 Å². The Hall–Kier alpha value is -2.47. The van der Waals surface area contributed by atoms with Crippen LogP contribution in [0.5, 0.6) is 0 Å². The van der Waals surface area contributed by atoms with Crippen molar-refractivity contribution in [2.75, 3.05) is 5.75 Å². The second-order valence-electron chi connectivity index (χ2n) is 7.45. The van der Waals surface area contributed by atoms with E-state index in [-0.39, 0.29) is 17.1 Å². The van der Waals surface area contributed by atoms with Gasteiger partial charge in [-0.1, -0.05) is 50.7 Å². The van der Waals surface area contributed by atoms with Gasteiger partial charge in [-0.3, -0.25) is 14.2 Å². The van der Waals surface area contributed by atoms with Crippen LogP contribution in [-0.4, -0.2) is 21.1 Å². The number of benzene rings is 2. The first-order chi connectivity index (χ1) is 12.7. The number of carbonyl (C=O) groups is 1. The maximum Gasteiger partial charge on any atom is 0.266 e. The van der Waals surface area contributed by atoms with Gasteiger partial charge in [0.1, 0.15) is 11.6 Å². The van der Waals surface area contributed by atoms with Crippen molar-refractivity contribution in [3.8, 4) is 5.69 Å². The van der Waals surface area contributed by atoms with Crippen LogP contribution in [0.15, 0.2) is 52.4 Å². The van der Waals surface area contributed by atoms with Gasteiger partial charge in [0.25, 0.3) is 5.56 Å². The van der Waals surface area contributed by atoms with Crippen LogP contribution in [0.25, 0.3) is 16.6 Å². The van der Waals surface area contributed by atoms with Gasteiger partial charge in [-0.25, -0.2) is 9.37 Å². The number of rotatable bonds is 4. The Labute approximate surface area is 161 Å². The number of hydrogen-bond donors (Lipinski definition) is 0. The average molecular weight is 384 g/mol. The van der Waals surface area contributed by atoms with Gasteiger partial charge < -0.3 is 0 Å². The highest BCUT2D eigenvalue weighted by Gasteiger charge is 2.22. The Morgan fingerprint density at radius 3 is 2.56 bits per heavy atom. The molecule has 0 unspecified atom stereocenters. The molecule has 0 aliphatic carbocycles. The summed E-state index contributed by atoms with van der Waals surface area (Å²) in [5.41, 5.74) is 0.682. The number of aromatic nitrogens is 2. The highest BCUT2D eigenvalue weighted by atomic mass is 32.2. The van der Waals surface area contributed by atoms with Gasteiger partial charge in [-0.05, 0) is 36.8 Å². The van der Waals surface area contributed by atoms with E-state index in [0.717, 1.165) is 0 Å². The van der Waals surface area contributed by atoms with Crippen LogP contribution in [0.4, 0.5) is 4.39 Å². The van der Waals surface area contributed by atoms with Gasteiger partial charge >= 0.3 is 0 Å². The fourth-order valence-electron chi connectivity index (χ4n) is 2.50. The molecule has 27 heavy (non-hydrogen) atoms. The van der Waals surface area contributed by atoms with Gasteiger partial charge in [0.15, 0.2) is 5.16 Å². The summed E-state index contributed by atoms with van der Waals surface area (Å²) in [5.74, 6) is -0.159. The third-order valence-corrected chi connectivity index (χ3v) is 5.27. The number of hydrogen-bond acceptors (Lipinski definition) is 4. The summed E-state index contributed by atoms with van der Waals surface area (Å²) >= 11 is 1.20. The van der Waals surface area contributed by atoms with E-state index < -0.39 is 11.2 Å². The summed E-state index contributed by atoms with van der Waals surface area (Å²) in [5, 5.41) is 0.824. The minimum Gasteiger partial charge on any atom is -0.298 e. The van der Waals surface area contributed by atoms with Gasteiger partial charge in [0, 0.05) is 5.41 Å². The molecule has 0 saturated heterocycles. The molecule has 0 aliphatic rings. The Morgan fingerprint density at radius 1 is 1.19 bits per heavy atom. The quantitative estimate of drug-likeness (QED) is 0.489. The molecule has 140 valence electrons. The Balaban J connectivity index is 2.17. The molecule has 0 fully saturated rings. The predicted molar refractivity (Wildman–Crippen MR) is 107 cm³/mol. The molecule has 0 atom stereocenters. The number of nitrogens with zero attached hydrogens (tertiary/aromatic N) is 2. The van der Waals surface area contributed by atoms with Gasteiger partial charge in [0.05, 0.1) is 22.3 Å². The number of carbonyl (C=O) groups excluding carboxylic acids is 1. The number of halogens is 1. The molecule has 0 radical (unpaired) electrons. The molecular formula is C21H21FN2O2S. The summed E-state index contributed by atoms with van der Waals surface area (Å²) in [6, 6.07) is 11.7. The molecule has 0 spiro atoms. The highest BCUT2D eigenvalue weighted by molar-refractivity contribution is 7.99. The molecule has 3 rings (SSSR count). The van der Waals surface area contributed by atoms with Crippen LogP contribution in [0, 0.1) is 18.2 Å². The zero-order chi connectivity index (χ0) is 19.8. The molecule has 0 aliphatic heterocycles. The Bertz CT molecular complexity index is 1080. The lowest BCUT2D eigenvalue weighted by Gasteiger charge is -2.17. The van der Waals surface area contributed by atoms with Gasteiger partial charge in [-0.2, -0.15) is 0 Å². The summed E-state index contributed by atoms with van der Waals surface area (Å²) in [7, 11) is 0. The van der Waals surface area contributed by atoms with Crippen LogP contribution in [0.3, 0.4) is 0 Å². The van der Waals surface area contributed by atoms with Crippen molar-refractivity contribution >= 4 is 28.4 Å². The van der Waals surface area contributed by atoms with E-state index in [1.165, 1.54) is 22.4 Å². The first-order valence-electron chi connectivity index (χ1n) is 8.63. The molecule has 6 heteroatoms. The lowest BCUT2D eigenvalue weighted by atomic mass is 9.92. The molecule has 4 nitrogen and oxygen atoms in total. The van der Waals surface area contributed by atoms with Crippen LogP contribution >= 0.6 is 11.8 Å². The maximum absolute atomic E-state index is 14.1. The van der Waals surface area contributed by atoms with Gasteiger partial charge in [-0.15, -0.1) is 0 Å². The second kappa shape index (κ2) is 7.27. The molecular weight excluding hydrogens is 363 g/mol. The van der Waals surface area contributed by atoms with Gasteiger partial charge in [0.2, 0.25) is 0 Å². The number of thioether (sulfide) groups is 1.